The van der Waals surface area contributed by atoms with Crippen LogP contribution in [-0.4, -0.2) is 12.9 Å². The van der Waals surface area contributed by atoms with Crippen LogP contribution in [0, 0.1) is 18.6 Å². The molecule has 1 aromatic carbocycles. The van der Waals surface area contributed by atoms with E-state index < -0.39 is 11.6 Å². The first kappa shape index (κ1) is 9.64. The molecule has 0 atom stereocenters. The second-order valence-electron chi connectivity index (χ2n) is 2.25. The topological polar surface area (TPSA) is 26.3 Å². The minimum absolute atomic E-state index is 0.00318. The van der Waals surface area contributed by atoms with Crippen molar-refractivity contribution in [3.63, 3.8) is 0 Å². The van der Waals surface area contributed by atoms with Crippen molar-refractivity contribution in [2.45, 2.75) is 0 Å². The van der Waals surface area contributed by atoms with Crippen LogP contribution in [0.5, 0.6) is 5.75 Å². The number of rotatable bonds is 3. The predicted molar refractivity (Wildman–Crippen MR) is 42.6 cm³/mol. The van der Waals surface area contributed by atoms with Gasteiger partial charge in [-0.15, -0.1) is 0 Å². The third kappa shape index (κ3) is 1.83. The molecule has 0 heterocycles. The third-order valence-electron chi connectivity index (χ3n) is 1.46. The summed E-state index contributed by atoms with van der Waals surface area (Å²) in [6.45, 7) is 3.31. The van der Waals surface area contributed by atoms with Crippen LogP contribution in [0.1, 0.15) is 10.4 Å². The lowest BCUT2D eigenvalue weighted by molar-refractivity contribution is 0.111. The van der Waals surface area contributed by atoms with E-state index in [4.69, 9.17) is 0 Å². The summed E-state index contributed by atoms with van der Waals surface area (Å²) in [6, 6.07) is 2.34. The molecule has 13 heavy (non-hydrogen) atoms. The number of hydrogen-bond acceptors (Lipinski definition) is 2. The van der Waals surface area contributed by atoms with Crippen LogP contribution >= 0.6 is 0 Å². The number of hydrogen-bond donors (Lipinski definition) is 0. The summed E-state index contributed by atoms with van der Waals surface area (Å²) in [5.41, 5.74) is -0.325. The van der Waals surface area contributed by atoms with Gasteiger partial charge < -0.3 is 4.74 Å². The van der Waals surface area contributed by atoms with Gasteiger partial charge in [-0.3, -0.25) is 4.79 Å². The molecule has 1 rings (SSSR count). The monoisotopic (exact) mass is 185 g/mol. The highest BCUT2D eigenvalue weighted by Gasteiger charge is 2.13. The average Bonchev–Trinajstić information content (AvgIpc) is 2.14. The maximum absolute atomic E-state index is 12.9. The van der Waals surface area contributed by atoms with E-state index in [1.807, 2.05) is 0 Å². The van der Waals surface area contributed by atoms with Crippen molar-refractivity contribution in [2.24, 2.45) is 0 Å². The summed E-state index contributed by atoms with van der Waals surface area (Å²) < 4.78 is 30.5. The maximum atomic E-state index is 12.9. The predicted octanol–water partition coefficient (Wildman–Crippen LogP) is 1.99. The molecule has 0 aliphatic heterocycles. The fraction of sp³-hybridized carbons (Fsp3) is 0.111. The molecule has 4 heteroatoms. The van der Waals surface area contributed by atoms with Gasteiger partial charge in [-0.05, 0) is 19.1 Å². The van der Waals surface area contributed by atoms with E-state index in [2.05, 4.69) is 11.7 Å². The molecule has 0 N–H and O–H groups in total. The van der Waals surface area contributed by atoms with E-state index in [1.165, 1.54) is 6.07 Å². The Kier molecular flexibility index (Phi) is 2.95. The van der Waals surface area contributed by atoms with Crippen LogP contribution in [-0.2, 0) is 0 Å². The molecule has 0 amide bonds. The molecule has 0 saturated heterocycles. The van der Waals surface area contributed by atoms with Crippen molar-refractivity contribution in [3.05, 3.63) is 36.3 Å². The summed E-state index contributed by atoms with van der Waals surface area (Å²) in [4.78, 5) is 10.2. The quantitative estimate of drug-likeness (QED) is 0.673. The van der Waals surface area contributed by atoms with Crippen molar-refractivity contribution in [1.29, 1.82) is 0 Å². The Balaban J connectivity index is 3.14. The highest BCUT2D eigenvalue weighted by Crippen LogP contribution is 2.21. The van der Waals surface area contributed by atoms with Crippen LogP contribution in [0.25, 0.3) is 0 Å². The Bertz CT molecular complexity index is 324. The van der Waals surface area contributed by atoms with Crippen molar-refractivity contribution in [1.82, 2.24) is 0 Å². The van der Waals surface area contributed by atoms with E-state index in [9.17, 15) is 13.6 Å². The molecule has 0 unspecified atom stereocenters. The Morgan fingerprint density at radius 3 is 2.62 bits per heavy atom. The van der Waals surface area contributed by atoms with E-state index in [-0.39, 0.29) is 24.2 Å². The zero-order valence-electron chi connectivity index (χ0n) is 6.72. The Labute approximate surface area is 74.1 Å². The number of halogens is 2. The van der Waals surface area contributed by atoms with E-state index in [1.54, 1.807) is 0 Å². The number of carbonyl (C=O) groups excluding carboxylic acids is 1. The van der Waals surface area contributed by atoms with Crippen molar-refractivity contribution >= 4 is 6.29 Å². The van der Waals surface area contributed by atoms with Crippen molar-refractivity contribution < 1.29 is 18.3 Å². The summed E-state index contributed by atoms with van der Waals surface area (Å²) >= 11 is 0. The smallest absolute Gasteiger partial charge is 0.201 e. The van der Waals surface area contributed by atoms with Gasteiger partial charge in [0, 0.05) is 0 Å². The Morgan fingerprint density at radius 2 is 2.08 bits per heavy atom. The summed E-state index contributed by atoms with van der Waals surface area (Å²) in [6.07, 6.45) is 0.242. The van der Waals surface area contributed by atoms with Crippen molar-refractivity contribution in [3.8, 4) is 5.75 Å². The van der Waals surface area contributed by atoms with Crippen LogP contribution < -0.4 is 4.74 Å². The van der Waals surface area contributed by atoms with Crippen molar-refractivity contribution in [2.75, 3.05) is 6.61 Å². The minimum Gasteiger partial charge on any atom is -0.490 e. The Morgan fingerprint density at radius 1 is 1.38 bits per heavy atom. The van der Waals surface area contributed by atoms with Gasteiger partial charge in [0.25, 0.3) is 0 Å². The summed E-state index contributed by atoms with van der Waals surface area (Å²) in [5, 5.41) is 0. The SMILES string of the molecule is [CH2]COc1ccc(C=O)c(F)c1F. The van der Waals surface area contributed by atoms with Gasteiger partial charge in [0.15, 0.2) is 17.9 Å². The van der Waals surface area contributed by atoms with Crippen LogP contribution in [0.15, 0.2) is 12.1 Å². The number of carbonyl (C=O) groups is 1. The minimum atomic E-state index is -1.19. The molecule has 69 valence electrons. The fourth-order valence-corrected chi connectivity index (χ4v) is 0.859. The molecule has 0 saturated carbocycles. The largest absolute Gasteiger partial charge is 0.490 e. The third-order valence-corrected chi connectivity index (χ3v) is 1.46. The molecule has 0 spiro atoms. The standard InChI is InChI=1S/C9H7F2O2/c1-2-13-7-4-3-6(5-12)8(10)9(7)11/h3-5H,1-2H2. The van der Waals surface area contributed by atoms with Gasteiger partial charge in [-0.1, -0.05) is 0 Å². The van der Waals surface area contributed by atoms with Gasteiger partial charge in [0.1, 0.15) is 0 Å². The zero-order chi connectivity index (χ0) is 9.84. The second kappa shape index (κ2) is 3.98. The first-order valence-electron chi connectivity index (χ1n) is 3.56. The first-order chi connectivity index (χ1) is 6.20. The van der Waals surface area contributed by atoms with Crippen LogP contribution in [0.2, 0.25) is 0 Å². The number of aldehydes is 1. The summed E-state index contributed by atoms with van der Waals surface area (Å²) in [5.74, 6) is -2.59. The van der Waals surface area contributed by atoms with Gasteiger partial charge in [-0.2, -0.15) is 4.39 Å². The van der Waals surface area contributed by atoms with Crippen LogP contribution in [0.3, 0.4) is 0 Å². The lowest BCUT2D eigenvalue weighted by Crippen LogP contribution is -1.99. The lowest BCUT2D eigenvalue weighted by atomic mass is 10.2. The molecule has 1 radical (unpaired) electrons. The highest BCUT2D eigenvalue weighted by molar-refractivity contribution is 5.75. The molecule has 0 fully saturated rings. The molecule has 2 nitrogen and oxygen atoms in total. The van der Waals surface area contributed by atoms with E-state index >= 15 is 0 Å². The molecule has 0 bridgehead atoms. The van der Waals surface area contributed by atoms with Gasteiger partial charge in [0.2, 0.25) is 5.82 Å². The second-order valence-corrected chi connectivity index (χ2v) is 2.25. The first-order valence-corrected chi connectivity index (χ1v) is 3.56. The molecular weight excluding hydrogens is 178 g/mol. The van der Waals surface area contributed by atoms with E-state index in [0.717, 1.165) is 6.07 Å². The lowest BCUT2D eigenvalue weighted by Gasteiger charge is -2.05. The molecule has 0 aliphatic carbocycles. The van der Waals surface area contributed by atoms with Gasteiger partial charge in [0.05, 0.1) is 12.2 Å². The van der Waals surface area contributed by atoms with E-state index in [0.29, 0.717) is 0 Å². The van der Waals surface area contributed by atoms with Crippen LogP contribution in [0.4, 0.5) is 8.78 Å². The normalized spacial score (nSPS) is 9.77. The summed E-state index contributed by atoms with van der Waals surface area (Å²) in [7, 11) is 0. The fourth-order valence-electron chi connectivity index (χ4n) is 0.859. The number of ether oxygens (including phenoxy) is 1. The molecule has 1 aromatic rings. The Hall–Kier alpha value is -1.45. The zero-order valence-corrected chi connectivity index (χ0v) is 6.72. The van der Waals surface area contributed by atoms with Gasteiger partial charge in [-0.25, -0.2) is 4.39 Å². The molecule has 0 aromatic heterocycles. The average molecular weight is 185 g/mol. The molecular formula is C9H7F2O2. The number of benzene rings is 1. The maximum Gasteiger partial charge on any atom is 0.201 e. The molecule has 0 aliphatic rings. The van der Waals surface area contributed by atoms with Gasteiger partial charge >= 0.3 is 0 Å². The highest BCUT2D eigenvalue weighted by atomic mass is 19.2.